The maximum Gasteiger partial charge on any atom is 0.290 e. The average Bonchev–Trinajstić information content (AvgIpc) is 3.19. The second-order valence-corrected chi connectivity index (χ2v) is 7.97. The molecule has 3 aromatic heterocycles. The van der Waals surface area contributed by atoms with Gasteiger partial charge in [0.05, 0.1) is 11.7 Å². The van der Waals surface area contributed by atoms with Crippen molar-refractivity contribution in [2.75, 3.05) is 13.2 Å². The Morgan fingerprint density at radius 3 is 2.97 bits per heavy atom. The lowest BCUT2D eigenvalue weighted by Crippen LogP contribution is -2.41. The molecule has 3 aromatic rings. The number of nitrogens with zero attached hydrogens (tertiary/aromatic N) is 6. The van der Waals surface area contributed by atoms with Gasteiger partial charge in [-0.2, -0.15) is 0 Å². The minimum absolute atomic E-state index is 0.0114. The fourth-order valence-corrected chi connectivity index (χ4v) is 4.76. The number of hydrogen-bond acceptors (Lipinski definition) is 6. The first kappa shape index (κ1) is 19.1. The summed E-state index contributed by atoms with van der Waals surface area (Å²) in [5, 5.41) is 0. The molecule has 1 amide bonds. The molecular weight excluding hydrogens is 380 g/mol. The van der Waals surface area contributed by atoms with Gasteiger partial charge in [-0.1, -0.05) is 13.0 Å². The van der Waals surface area contributed by atoms with Gasteiger partial charge in [-0.25, -0.2) is 15.0 Å². The predicted molar refractivity (Wildman–Crippen MR) is 111 cm³/mol. The molecule has 1 unspecified atom stereocenters. The minimum Gasteiger partial charge on any atom is -0.358 e. The summed E-state index contributed by atoms with van der Waals surface area (Å²) in [5.74, 6) is 0.314. The molecule has 0 N–H and O–H groups in total. The summed E-state index contributed by atoms with van der Waals surface area (Å²) in [4.78, 5) is 33.7. The molecule has 2 aliphatic heterocycles. The molecule has 0 bridgehead atoms. The van der Waals surface area contributed by atoms with Crippen molar-refractivity contribution < 1.29 is 9.53 Å². The van der Waals surface area contributed by atoms with Crippen molar-refractivity contribution in [1.82, 2.24) is 29.4 Å². The van der Waals surface area contributed by atoms with Gasteiger partial charge < -0.3 is 9.64 Å². The van der Waals surface area contributed by atoms with Crippen LogP contribution in [0.4, 0.5) is 0 Å². The number of imidazole rings is 1. The molecule has 1 fully saturated rings. The third-order valence-corrected chi connectivity index (χ3v) is 6.20. The Bertz CT molecular complexity index is 1090. The van der Waals surface area contributed by atoms with E-state index in [1.54, 1.807) is 0 Å². The van der Waals surface area contributed by atoms with Crippen LogP contribution in [0.1, 0.15) is 72.4 Å². The Morgan fingerprint density at radius 2 is 2.17 bits per heavy atom. The van der Waals surface area contributed by atoms with Gasteiger partial charge in [-0.15, -0.1) is 0 Å². The van der Waals surface area contributed by atoms with Crippen molar-refractivity contribution in [3.05, 3.63) is 47.4 Å². The Morgan fingerprint density at radius 1 is 1.27 bits per heavy atom. The topological polar surface area (TPSA) is 86.0 Å². The third kappa shape index (κ3) is 3.06. The molecular formula is C22H26N6O2. The van der Waals surface area contributed by atoms with E-state index in [1.807, 2.05) is 28.7 Å². The number of fused-ring (bicyclic) bond motifs is 2. The fourth-order valence-electron chi connectivity index (χ4n) is 4.76. The molecule has 8 heteroatoms. The van der Waals surface area contributed by atoms with Gasteiger partial charge in [0.2, 0.25) is 5.82 Å². The zero-order valence-corrected chi connectivity index (χ0v) is 17.4. The fraction of sp³-hybridized carbons (Fsp3) is 0.500. The molecule has 5 heterocycles. The lowest BCUT2D eigenvalue weighted by molar-refractivity contribution is -0.0313. The van der Waals surface area contributed by atoms with Gasteiger partial charge in [0.1, 0.15) is 18.1 Å². The highest BCUT2D eigenvalue weighted by Crippen LogP contribution is 2.34. The molecule has 30 heavy (non-hydrogen) atoms. The molecule has 1 saturated heterocycles. The van der Waals surface area contributed by atoms with Crippen LogP contribution in [-0.2, 0) is 11.2 Å². The van der Waals surface area contributed by atoms with Gasteiger partial charge in [0.15, 0.2) is 5.65 Å². The van der Waals surface area contributed by atoms with Gasteiger partial charge in [-0.3, -0.25) is 14.3 Å². The Hall–Kier alpha value is -2.87. The number of pyridine rings is 1. The van der Waals surface area contributed by atoms with E-state index in [1.165, 1.54) is 6.33 Å². The number of ether oxygens (including phenoxy) is 1. The van der Waals surface area contributed by atoms with Crippen molar-refractivity contribution in [2.45, 2.75) is 58.2 Å². The highest BCUT2D eigenvalue weighted by Gasteiger charge is 2.35. The number of amides is 1. The monoisotopic (exact) mass is 406 g/mol. The second-order valence-electron chi connectivity index (χ2n) is 7.97. The molecule has 2 atom stereocenters. The summed E-state index contributed by atoms with van der Waals surface area (Å²) in [5.41, 5.74) is 4.36. The summed E-state index contributed by atoms with van der Waals surface area (Å²) in [7, 11) is 0. The van der Waals surface area contributed by atoms with E-state index in [9.17, 15) is 4.79 Å². The molecule has 2 aliphatic rings. The van der Waals surface area contributed by atoms with E-state index in [0.717, 1.165) is 54.6 Å². The van der Waals surface area contributed by atoms with Crippen molar-refractivity contribution >= 4 is 17.1 Å². The highest BCUT2D eigenvalue weighted by atomic mass is 16.5. The van der Waals surface area contributed by atoms with Crippen LogP contribution < -0.4 is 0 Å². The zero-order chi connectivity index (χ0) is 20.7. The molecule has 5 rings (SSSR count). The van der Waals surface area contributed by atoms with Crippen molar-refractivity contribution in [1.29, 1.82) is 0 Å². The summed E-state index contributed by atoms with van der Waals surface area (Å²) in [6.45, 7) is 5.35. The third-order valence-electron chi connectivity index (χ3n) is 6.20. The van der Waals surface area contributed by atoms with Crippen LogP contribution in [0.5, 0.6) is 0 Å². The molecule has 156 valence electrons. The van der Waals surface area contributed by atoms with E-state index in [4.69, 9.17) is 4.74 Å². The lowest BCUT2D eigenvalue weighted by atomic mass is 9.95. The van der Waals surface area contributed by atoms with E-state index in [-0.39, 0.29) is 18.2 Å². The number of hydrogen-bond donors (Lipinski definition) is 0. The van der Waals surface area contributed by atoms with E-state index >= 15 is 0 Å². The van der Waals surface area contributed by atoms with Crippen LogP contribution in [0.15, 0.2) is 24.7 Å². The first-order chi connectivity index (χ1) is 14.7. The van der Waals surface area contributed by atoms with Crippen LogP contribution in [0.2, 0.25) is 0 Å². The number of carbonyl (C=O) groups excluding carboxylic acids is 1. The van der Waals surface area contributed by atoms with Crippen molar-refractivity contribution in [3.63, 3.8) is 0 Å². The standard InChI is InChI=1S/C22H26N6O2/c1-3-17-15-7-6-10-23-16(15)9-11-27(17)22(29)21-26-20-19(14(2)24-13-25-20)28(21)18-8-4-5-12-30-18/h6-7,10,13,17-18H,3-5,8-9,11-12H2,1-2H3/t17-,18?/m1/s1. The predicted octanol–water partition coefficient (Wildman–Crippen LogP) is 3.38. The highest BCUT2D eigenvalue weighted by molar-refractivity contribution is 5.95. The van der Waals surface area contributed by atoms with Gasteiger partial charge in [0, 0.05) is 31.5 Å². The first-order valence-electron chi connectivity index (χ1n) is 10.7. The summed E-state index contributed by atoms with van der Waals surface area (Å²) in [6.07, 6.45) is 7.63. The summed E-state index contributed by atoms with van der Waals surface area (Å²) < 4.78 is 8.00. The lowest BCUT2D eigenvalue weighted by Gasteiger charge is -2.36. The normalized spacial score (nSPS) is 21.6. The van der Waals surface area contributed by atoms with Crippen LogP contribution >= 0.6 is 0 Å². The molecule has 0 saturated carbocycles. The number of aromatic nitrogens is 5. The second kappa shape index (κ2) is 7.75. The van der Waals surface area contributed by atoms with Crippen molar-refractivity contribution in [2.24, 2.45) is 0 Å². The molecule has 8 nitrogen and oxygen atoms in total. The molecule has 0 aliphatic carbocycles. The van der Waals surface area contributed by atoms with E-state index in [2.05, 4.69) is 32.9 Å². The smallest absolute Gasteiger partial charge is 0.290 e. The average molecular weight is 406 g/mol. The molecule has 0 radical (unpaired) electrons. The summed E-state index contributed by atoms with van der Waals surface area (Å²) in [6, 6.07) is 4.01. The zero-order valence-electron chi connectivity index (χ0n) is 17.4. The summed E-state index contributed by atoms with van der Waals surface area (Å²) >= 11 is 0. The van der Waals surface area contributed by atoms with Gasteiger partial charge in [0.25, 0.3) is 5.91 Å². The van der Waals surface area contributed by atoms with Crippen LogP contribution in [0, 0.1) is 6.92 Å². The van der Waals surface area contributed by atoms with Gasteiger partial charge >= 0.3 is 0 Å². The number of carbonyl (C=O) groups is 1. The van der Waals surface area contributed by atoms with E-state index in [0.29, 0.717) is 24.6 Å². The molecule has 0 aromatic carbocycles. The minimum atomic E-state index is -0.216. The van der Waals surface area contributed by atoms with Crippen LogP contribution in [0.25, 0.3) is 11.2 Å². The Balaban J connectivity index is 1.61. The van der Waals surface area contributed by atoms with Crippen LogP contribution in [0.3, 0.4) is 0 Å². The number of rotatable bonds is 3. The maximum atomic E-state index is 13.8. The quantitative estimate of drug-likeness (QED) is 0.663. The first-order valence-corrected chi connectivity index (χ1v) is 10.7. The number of aryl methyl sites for hydroxylation is 1. The maximum absolute atomic E-state index is 13.8. The van der Waals surface area contributed by atoms with E-state index < -0.39 is 0 Å². The largest absolute Gasteiger partial charge is 0.358 e. The van der Waals surface area contributed by atoms with Crippen LogP contribution in [-0.4, -0.2) is 48.5 Å². The van der Waals surface area contributed by atoms with Crippen molar-refractivity contribution in [3.8, 4) is 0 Å². The SMILES string of the molecule is CC[C@@H]1c2cccnc2CCN1C(=O)c1nc2ncnc(C)c2n1C1CCCCO1. The van der Waals surface area contributed by atoms with Gasteiger partial charge in [-0.05, 0) is 44.2 Å². The Kier molecular flexibility index (Phi) is 4.94. The Labute approximate surface area is 175 Å². The molecule has 0 spiro atoms.